The van der Waals surface area contributed by atoms with Crippen LogP contribution in [-0.4, -0.2) is 30.0 Å². The van der Waals surface area contributed by atoms with Crippen LogP contribution in [0.25, 0.3) is 5.76 Å². The van der Waals surface area contributed by atoms with Gasteiger partial charge in [-0.1, -0.05) is 41.9 Å². The van der Waals surface area contributed by atoms with E-state index < -0.39 is 17.7 Å². The second-order valence-electron chi connectivity index (χ2n) is 8.57. The normalized spacial score (nSPS) is 17.2. The quantitative estimate of drug-likeness (QED) is 0.257. The van der Waals surface area contributed by atoms with Gasteiger partial charge in [-0.2, -0.15) is 0 Å². The fourth-order valence-electron chi connectivity index (χ4n) is 4.08. The van der Waals surface area contributed by atoms with Crippen molar-refractivity contribution in [3.63, 3.8) is 0 Å². The number of rotatable bonds is 6. The first kappa shape index (κ1) is 24.4. The molecule has 3 aromatic rings. The Labute approximate surface area is 209 Å². The number of aliphatic hydroxyl groups excluding tert-OH is 1. The third-order valence-electron chi connectivity index (χ3n) is 5.79. The second kappa shape index (κ2) is 9.84. The van der Waals surface area contributed by atoms with Crippen LogP contribution in [-0.2, 0) is 9.59 Å². The van der Waals surface area contributed by atoms with Crippen molar-refractivity contribution in [2.45, 2.75) is 32.9 Å². The van der Waals surface area contributed by atoms with Gasteiger partial charge in [-0.15, -0.1) is 0 Å². The minimum absolute atomic E-state index is 0.0152. The summed E-state index contributed by atoms with van der Waals surface area (Å²) >= 11 is 6.35. The lowest BCUT2D eigenvalue weighted by Gasteiger charge is -2.26. The largest absolute Gasteiger partial charge is 0.507 e. The molecule has 0 aromatic heterocycles. The van der Waals surface area contributed by atoms with Crippen molar-refractivity contribution in [2.75, 3.05) is 12.0 Å². The van der Waals surface area contributed by atoms with Gasteiger partial charge < -0.3 is 14.6 Å². The van der Waals surface area contributed by atoms with Crippen molar-refractivity contribution in [3.8, 4) is 11.5 Å². The maximum absolute atomic E-state index is 13.3. The Morgan fingerprint density at radius 3 is 2.34 bits per heavy atom. The number of methoxy groups -OCH3 is 1. The molecule has 7 heteroatoms. The van der Waals surface area contributed by atoms with Gasteiger partial charge >= 0.3 is 0 Å². The number of ketones is 1. The summed E-state index contributed by atoms with van der Waals surface area (Å²) in [5.41, 5.74) is 2.30. The number of hydrogen-bond donors (Lipinski definition) is 1. The lowest BCUT2D eigenvalue weighted by Crippen LogP contribution is -2.29. The van der Waals surface area contributed by atoms with E-state index in [1.165, 1.54) is 4.90 Å². The average Bonchev–Trinajstić information content (AvgIpc) is 3.10. The Hall–Kier alpha value is -3.77. The summed E-state index contributed by atoms with van der Waals surface area (Å²) < 4.78 is 11.0. The van der Waals surface area contributed by atoms with Gasteiger partial charge in [0.25, 0.3) is 11.7 Å². The molecular formula is C28H26ClNO5. The lowest BCUT2D eigenvalue weighted by atomic mass is 9.95. The number of carbonyl (C=O) groups is 2. The molecule has 0 spiro atoms. The van der Waals surface area contributed by atoms with E-state index in [0.29, 0.717) is 33.3 Å². The van der Waals surface area contributed by atoms with Crippen LogP contribution in [0, 0.1) is 6.92 Å². The zero-order valence-corrected chi connectivity index (χ0v) is 20.7. The van der Waals surface area contributed by atoms with Crippen LogP contribution in [0.4, 0.5) is 5.69 Å². The number of amides is 1. The molecular weight excluding hydrogens is 466 g/mol. The molecule has 0 aliphatic carbocycles. The van der Waals surface area contributed by atoms with Crippen molar-refractivity contribution >= 4 is 34.7 Å². The molecule has 1 atom stereocenters. The smallest absolute Gasteiger partial charge is 0.300 e. The van der Waals surface area contributed by atoms with E-state index in [9.17, 15) is 14.7 Å². The topological polar surface area (TPSA) is 76.1 Å². The predicted octanol–water partition coefficient (Wildman–Crippen LogP) is 6.07. The van der Waals surface area contributed by atoms with Crippen molar-refractivity contribution in [2.24, 2.45) is 0 Å². The summed E-state index contributed by atoms with van der Waals surface area (Å²) in [6, 6.07) is 18.1. The molecule has 3 aromatic carbocycles. The monoisotopic (exact) mass is 491 g/mol. The Balaban J connectivity index is 1.91. The van der Waals surface area contributed by atoms with Crippen LogP contribution in [0.3, 0.4) is 0 Å². The highest BCUT2D eigenvalue weighted by Crippen LogP contribution is 2.43. The standard InChI is InChI=1S/C28H26ClNO5/c1-16(2)35-22-7-5-6-19(14-22)26(31)24-25(18-9-12-21(34-4)13-10-18)30(28(33)27(24)32)20-11-8-17(3)23(29)15-20/h5-16,25,31H,1-4H3/b26-24+. The highest BCUT2D eigenvalue weighted by Gasteiger charge is 2.47. The first-order chi connectivity index (χ1) is 16.7. The highest BCUT2D eigenvalue weighted by molar-refractivity contribution is 6.51. The number of hydrogen-bond acceptors (Lipinski definition) is 5. The van der Waals surface area contributed by atoms with Crippen LogP contribution >= 0.6 is 11.6 Å². The van der Waals surface area contributed by atoms with E-state index in [1.807, 2.05) is 20.8 Å². The van der Waals surface area contributed by atoms with Gasteiger partial charge in [-0.3, -0.25) is 14.5 Å². The lowest BCUT2D eigenvalue weighted by molar-refractivity contribution is -0.132. The van der Waals surface area contributed by atoms with Gasteiger partial charge in [0.2, 0.25) is 0 Å². The minimum Gasteiger partial charge on any atom is -0.507 e. The molecule has 35 heavy (non-hydrogen) atoms. The molecule has 1 amide bonds. The van der Waals surface area contributed by atoms with E-state index in [4.69, 9.17) is 21.1 Å². The molecule has 1 saturated heterocycles. The van der Waals surface area contributed by atoms with Gasteiger partial charge in [0.05, 0.1) is 24.8 Å². The number of ether oxygens (including phenoxy) is 2. The second-order valence-corrected chi connectivity index (χ2v) is 8.98. The number of nitrogens with zero attached hydrogens (tertiary/aromatic N) is 1. The summed E-state index contributed by atoms with van der Waals surface area (Å²) in [6.07, 6.45) is -0.0661. The van der Waals surface area contributed by atoms with Gasteiger partial charge in [-0.25, -0.2) is 0 Å². The zero-order valence-electron chi connectivity index (χ0n) is 19.9. The van der Waals surface area contributed by atoms with E-state index >= 15 is 0 Å². The van der Waals surface area contributed by atoms with Gasteiger partial charge in [0.1, 0.15) is 17.3 Å². The predicted molar refractivity (Wildman–Crippen MR) is 136 cm³/mol. The average molecular weight is 492 g/mol. The maximum Gasteiger partial charge on any atom is 0.300 e. The zero-order chi connectivity index (χ0) is 25.3. The molecule has 6 nitrogen and oxygen atoms in total. The number of aliphatic hydroxyl groups is 1. The molecule has 0 bridgehead atoms. The van der Waals surface area contributed by atoms with Gasteiger partial charge in [0.15, 0.2) is 0 Å². The van der Waals surface area contributed by atoms with E-state index in [-0.39, 0.29) is 17.4 Å². The minimum atomic E-state index is -0.866. The summed E-state index contributed by atoms with van der Waals surface area (Å²) in [5.74, 6) is -0.636. The summed E-state index contributed by atoms with van der Waals surface area (Å²) in [7, 11) is 1.56. The molecule has 1 unspecified atom stereocenters. The van der Waals surface area contributed by atoms with E-state index in [2.05, 4.69) is 0 Å². The molecule has 1 aliphatic heterocycles. The Morgan fingerprint density at radius 1 is 1.00 bits per heavy atom. The van der Waals surface area contributed by atoms with Crippen molar-refractivity contribution in [3.05, 3.63) is 94.0 Å². The number of carbonyl (C=O) groups excluding carboxylic acids is 2. The van der Waals surface area contributed by atoms with Crippen LogP contribution in [0.15, 0.2) is 72.3 Å². The number of Topliss-reactive ketones (excluding diaryl/α,β-unsaturated/α-hetero) is 1. The third-order valence-corrected chi connectivity index (χ3v) is 6.20. The Morgan fingerprint density at radius 2 is 1.71 bits per heavy atom. The number of benzene rings is 3. The Kier molecular flexibility index (Phi) is 6.85. The van der Waals surface area contributed by atoms with Gasteiger partial charge in [-0.05, 0) is 68.3 Å². The fraction of sp³-hybridized carbons (Fsp3) is 0.214. The summed E-state index contributed by atoms with van der Waals surface area (Å²) in [6.45, 7) is 5.65. The third kappa shape index (κ3) is 4.75. The first-order valence-electron chi connectivity index (χ1n) is 11.2. The molecule has 1 aliphatic rings. The maximum atomic E-state index is 13.3. The summed E-state index contributed by atoms with van der Waals surface area (Å²) in [5, 5.41) is 11.8. The fourth-order valence-corrected chi connectivity index (χ4v) is 4.25. The number of anilines is 1. The van der Waals surface area contributed by atoms with E-state index in [1.54, 1.807) is 73.8 Å². The molecule has 1 N–H and O–H groups in total. The first-order valence-corrected chi connectivity index (χ1v) is 11.6. The SMILES string of the molecule is COc1ccc(C2/C(=C(\O)c3cccc(OC(C)C)c3)C(=O)C(=O)N2c2ccc(C)c(Cl)c2)cc1. The van der Waals surface area contributed by atoms with Crippen LogP contribution in [0.5, 0.6) is 11.5 Å². The molecule has 180 valence electrons. The molecule has 1 fully saturated rings. The molecule has 1 heterocycles. The van der Waals surface area contributed by atoms with E-state index in [0.717, 1.165) is 5.56 Å². The van der Waals surface area contributed by atoms with Crippen molar-refractivity contribution < 1.29 is 24.2 Å². The molecule has 0 radical (unpaired) electrons. The van der Waals surface area contributed by atoms with Crippen LogP contribution in [0.2, 0.25) is 5.02 Å². The van der Waals surface area contributed by atoms with Gasteiger partial charge in [0, 0.05) is 16.3 Å². The van der Waals surface area contributed by atoms with Crippen LogP contribution in [0.1, 0.15) is 36.6 Å². The number of halogens is 1. The highest BCUT2D eigenvalue weighted by atomic mass is 35.5. The van der Waals surface area contributed by atoms with Crippen molar-refractivity contribution in [1.29, 1.82) is 0 Å². The number of aryl methyl sites for hydroxylation is 1. The van der Waals surface area contributed by atoms with Crippen molar-refractivity contribution in [1.82, 2.24) is 0 Å². The molecule has 0 saturated carbocycles. The molecule has 4 rings (SSSR count). The van der Waals surface area contributed by atoms with Crippen LogP contribution < -0.4 is 14.4 Å². The summed E-state index contributed by atoms with van der Waals surface area (Å²) in [4.78, 5) is 28.0. The Bertz CT molecular complexity index is 1310.